The molecule has 0 saturated heterocycles. The summed E-state index contributed by atoms with van der Waals surface area (Å²) in [6.07, 6.45) is 0.797. The molecule has 7 heteroatoms. The van der Waals surface area contributed by atoms with E-state index in [1.165, 1.54) is 18.8 Å². The second-order valence-electron chi connectivity index (χ2n) is 4.39. The average Bonchev–Trinajstić information content (AvgIpc) is 2.49. The van der Waals surface area contributed by atoms with Gasteiger partial charge in [0.05, 0.1) is 5.52 Å². The van der Waals surface area contributed by atoms with E-state index in [0.717, 1.165) is 20.4 Å². The van der Waals surface area contributed by atoms with Gasteiger partial charge in [-0.2, -0.15) is 9.37 Å². The van der Waals surface area contributed by atoms with Gasteiger partial charge >= 0.3 is 0 Å². The molecule has 0 aliphatic rings. The lowest BCUT2D eigenvalue weighted by molar-refractivity contribution is 0.470. The van der Waals surface area contributed by atoms with Crippen LogP contribution in [0, 0.1) is 6.08 Å². The smallest absolute Gasteiger partial charge is 0.293 e. The summed E-state index contributed by atoms with van der Waals surface area (Å²) >= 11 is 1.17. The zero-order chi connectivity index (χ0) is 15.0. The lowest BCUT2D eigenvalue weighted by Crippen LogP contribution is -2.24. The molecule has 2 aromatic heterocycles. The highest BCUT2D eigenvalue weighted by molar-refractivity contribution is 7.99. The summed E-state index contributed by atoms with van der Waals surface area (Å²) in [6, 6.07) is 9.30. The number of pyridine rings is 1. The molecule has 106 valence electrons. The molecule has 0 radical (unpaired) electrons. The van der Waals surface area contributed by atoms with Gasteiger partial charge in [-0.05, 0) is 18.2 Å². The highest BCUT2D eigenvalue weighted by Gasteiger charge is 2.15. The number of anilines is 1. The molecule has 0 saturated carbocycles. The third kappa shape index (κ3) is 2.36. The number of halogens is 1. The van der Waals surface area contributed by atoms with Crippen molar-refractivity contribution in [3.05, 3.63) is 53.0 Å². The number of nitrogens with zero attached hydrogens (tertiary/aromatic N) is 3. The number of benzene rings is 1. The summed E-state index contributed by atoms with van der Waals surface area (Å²) < 4.78 is 14.2. The van der Waals surface area contributed by atoms with Crippen molar-refractivity contribution in [3.63, 3.8) is 0 Å². The zero-order valence-electron chi connectivity index (χ0n) is 11.1. The molecule has 0 unspecified atom stereocenters. The number of rotatable bonds is 2. The second kappa shape index (κ2) is 5.17. The summed E-state index contributed by atoms with van der Waals surface area (Å²) in [6.45, 7) is 0. The van der Waals surface area contributed by atoms with Gasteiger partial charge in [-0.3, -0.25) is 14.3 Å². The minimum Gasteiger partial charge on any atom is -0.382 e. The molecular formula is C14H11FN4OS. The van der Waals surface area contributed by atoms with Crippen LogP contribution in [-0.2, 0) is 7.05 Å². The topological polar surface area (TPSA) is 73.8 Å². The van der Waals surface area contributed by atoms with Crippen molar-refractivity contribution in [1.29, 1.82) is 0 Å². The van der Waals surface area contributed by atoms with E-state index in [2.05, 4.69) is 9.97 Å². The van der Waals surface area contributed by atoms with E-state index in [1.807, 2.05) is 30.3 Å². The normalized spacial score (nSPS) is 11.0. The van der Waals surface area contributed by atoms with Crippen molar-refractivity contribution < 1.29 is 4.39 Å². The third-order valence-corrected chi connectivity index (χ3v) is 4.20. The monoisotopic (exact) mass is 302 g/mol. The molecule has 0 amide bonds. The molecule has 1 aromatic carbocycles. The van der Waals surface area contributed by atoms with Crippen LogP contribution in [0.15, 0.2) is 51.1 Å². The molecule has 21 heavy (non-hydrogen) atoms. The molecule has 0 aliphatic carbocycles. The van der Waals surface area contributed by atoms with Gasteiger partial charge in [-0.1, -0.05) is 23.9 Å². The van der Waals surface area contributed by atoms with Crippen LogP contribution in [-0.4, -0.2) is 14.5 Å². The Kier molecular flexibility index (Phi) is 3.34. The Bertz CT molecular complexity index is 889. The zero-order valence-corrected chi connectivity index (χ0v) is 11.9. The summed E-state index contributed by atoms with van der Waals surface area (Å²) in [5, 5.41) is 0.899. The average molecular weight is 302 g/mol. The van der Waals surface area contributed by atoms with Gasteiger partial charge in [0, 0.05) is 23.5 Å². The second-order valence-corrected chi connectivity index (χ2v) is 5.44. The Morgan fingerprint density at radius 3 is 2.90 bits per heavy atom. The van der Waals surface area contributed by atoms with Gasteiger partial charge in [0.25, 0.3) is 11.6 Å². The van der Waals surface area contributed by atoms with E-state index < -0.39 is 11.6 Å². The first-order chi connectivity index (χ1) is 10.1. The van der Waals surface area contributed by atoms with Crippen LogP contribution >= 0.6 is 11.8 Å². The highest BCUT2D eigenvalue weighted by Crippen LogP contribution is 2.33. The van der Waals surface area contributed by atoms with Crippen LogP contribution in [0.25, 0.3) is 10.9 Å². The van der Waals surface area contributed by atoms with Gasteiger partial charge in [-0.15, -0.1) is 0 Å². The number of hydrogen-bond acceptors (Lipinski definition) is 5. The van der Waals surface area contributed by atoms with Crippen LogP contribution in [0.2, 0.25) is 0 Å². The predicted molar refractivity (Wildman–Crippen MR) is 79.7 cm³/mol. The number of hydrogen-bond donors (Lipinski definition) is 1. The van der Waals surface area contributed by atoms with Crippen LogP contribution in [0.5, 0.6) is 0 Å². The molecule has 0 fully saturated rings. The number of fused-ring (bicyclic) bond motifs is 1. The fraction of sp³-hybridized carbons (Fsp3) is 0.0714. The van der Waals surface area contributed by atoms with Crippen LogP contribution in [0.1, 0.15) is 0 Å². The van der Waals surface area contributed by atoms with Crippen molar-refractivity contribution >= 4 is 28.5 Å². The van der Waals surface area contributed by atoms with Crippen molar-refractivity contribution in [1.82, 2.24) is 14.5 Å². The maximum atomic E-state index is 13.4. The summed E-state index contributed by atoms with van der Waals surface area (Å²) in [4.78, 5) is 20.9. The first-order valence-corrected chi connectivity index (χ1v) is 6.93. The third-order valence-electron chi connectivity index (χ3n) is 3.04. The fourth-order valence-corrected chi connectivity index (χ4v) is 2.96. The van der Waals surface area contributed by atoms with Gasteiger partial charge in [0.15, 0.2) is 0 Å². The lowest BCUT2D eigenvalue weighted by atomic mass is 10.2. The number of aromatic nitrogens is 3. The van der Waals surface area contributed by atoms with Gasteiger partial charge in [0.2, 0.25) is 0 Å². The molecule has 5 nitrogen and oxygen atoms in total. The largest absolute Gasteiger partial charge is 0.382 e. The SMILES string of the molecule is Cn1c(F)nc(N)c(Sc2cccc3ncccc23)c1=O. The fourth-order valence-electron chi connectivity index (χ4n) is 1.94. The van der Waals surface area contributed by atoms with Crippen molar-refractivity contribution in [2.24, 2.45) is 7.05 Å². The minimum absolute atomic E-state index is 0.110. The maximum absolute atomic E-state index is 13.4. The Morgan fingerprint density at radius 2 is 2.10 bits per heavy atom. The molecular weight excluding hydrogens is 291 g/mol. The summed E-state index contributed by atoms with van der Waals surface area (Å²) in [5.41, 5.74) is 5.99. The molecule has 0 aliphatic heterocycles. The van der Waals surface area contributed by atoms with E-state index in [1.54, 1.807) is 6.20 Å². The van der Waals surface area contributed by atoms with Crippen molar-refractivity contribution in [2.45, 2.75) is 9.79 Å². The van der Waals surface area contributed by atoms with Crippen LogP contribution in [0.3, 0.4) is 0 Å². The van der Waals surface area contributed by atoms with Gasteiger partial charge < -0.3 is 5.73 Å². The molecule has 0 spiro atoms. The summed E-state index contributed by atoms with van der Waals surface area (Å²) in [7, 11) is 1.32. The lowest BCUT2D eigenvalue weighted by Gasteiger charge is -2.08. The molecule has 2 N–H and O–H groups in total. The highest BCUT2D eigenvalue weighted by atomic mass is 32.2. The Morgan fingerprint density at radius 1 is 1.29 bits per heavy atom. The quantitative estimate of drug-likeness (QED) is 0.735. The Balaban J connectivity index is 2.16. The molecule has 3 aromatic rings. The van der Waals surface area contributed by atoms with Crippen molar-refractivity contribution in [2.75, 3.05) is 5.73 Å². The Labute approximate surface area is 123 Å². The number of nitrogen functional groups attached to an aromatic ring is 1. The first kappa shape index (κ1) is 13.6. The molecule has 2 heterocycles. The summed E-state index contributed by atoms with van der Waals surface area (Å²) in [5.74, 6) is -0.110. The predicted octanol–water partition coefficient (Wildman–Crippen LogP) is 2.20. The van der Waals surface area contributed by atoms with E-state index in [0.29, 0.717) is 0 Å². The number of nitrogens with two attached hydrogens (primary N) is 1. The van der Waals surface area contributed by atoms with E-state index in [-0.39, 0.29) is 10.7 Å². The maximum Gasteiger partial charge on any atom is 0.293 e. The van der Waals surface area contributed by atoms with Gasteiger partial charge in [0.1, 0.15) is 10.7 Å². The van der Waals surface area contributed by atoms with Crippen LogP contribution in [0.4, 0.5) is 10.2 Å². The van der Waals surface area contributed by atoms with Crippen LogP contribution < -0.4 is 11.3 Å². The van der Waals surface area contributed by atoms with E-state index >= 15 is 0 Å². The minimum atomic E-state index is -0.901. The first-order valence-electron chi connectivity index (χ1n) is 6.11. The van der Waals surface area contributed by atoms with E-state index in [4.69, 9.17) is 5.73 Å². The molecule has 0 atom stereocenters. The standard InChI is InChI=1S/C14H11FN4OS/c1-19-13(20)11(12(16)18-14(19)15)21-10-6-2-5-9-8(10)4-3-7-17-9/h2-7H,16H2,1H3. The Hall–Kier alpha value is -2.41. The van der Waals surface area contributed by atoms with Gasteiger partial charge in [-0.25, -0.2) is 0 Å². The molecule has 0 bridgehead atoms. The molecule has 3 rings (SSSR count). The van der Waals surface area contributed by atoms with Crippen molar-refractivity contribution in [3.8, 4) is 0 Å². The van der Waals surface area contributed by atoms with E-state index in [9.17, 15) is 9.18 Å².